The van der Waals surface area contributed by atoms with E-state index in [1.54, 1.807) is 0 Å². The van der Waals surface area contributed by atoms with E-state index < -0.39 is 0 Å². The number of nitrogens with zero attached hydrogens (tertiary/aromatic N) is 2. The summed E-state index contributed by atoms with van der Waals surface area (Å²) >= 11 is 4.49. The van der Waals surface area contributed by atoms with Crippen molar-refractivity contribution < 1.29 is 0 Å². The minimum Gasteiger partial charge on any atom is -0.300 e. The molecule has 3 heteroatoms. The Bertz CT molecular complexity index is 220. The van der Waals surface area contributed by atoms with E-state index in [-0.39, 0.29) is 0 Å². The molecule has 2 aliphatic rings. The average molecular weight is 242 g/mol. The van der Waals surface area contributed by atoms with Crippen LogP contribution in [0.2, 0.25) is 0 Å². The highest BCUT2D eigenvalue weighted by molar-refractivity contribution is 7.80. The molecule has 2 atom stereocenters. The van der Waals surface area contributed by atoms with Crippen molar-refractivity contribution in [1.29, 1.82) is 0 Å². The van der Waals surface area contributed by atoms with E-state index in [9.17, 15) is 0 Å². The van der Waals surface area contributed by atoms with Gasteiger partial charge in [-0.3, -0.25) is 4.90 Å². The number of hydrogen-bond acceptors (Lipinski definition) is 3. The summed E-state index contributed by atoms with van der Waals surface area (Å²) in [7, 11) is 0. The molecule has 0 N–H and O–H groups in total. The molecule has 0 aromatic carbocycles. The summed E-state index contributed by atoms with van der Waals surface area (Å²) in [5, 5.41) is 0. The molecular formula is C13H26N2S. The van der Waals surface area contributed by atoms with Crippen molar-refractivity contribution >= 4 is 12.6 Å². The second-order valence-corrected chi connectivity index (χ2v) is 6.14. The van der Waals surface area contributed by atoms with Gasteiger partial charge in [-0.05, 0) is 37.0 Å². The molecule has 16 heavy (non-hydrogen) atoms. The minimum atomic E-state index is 0.760. The van der Waals surface area contributed by atoms with E-state index in [0.29, 0.717) is 0 Å². The fourth-order valence-electron chi connectivity index (χ4n) is 3.03. The normalized spacial score (nSPS) is 29.6. The van der Waals surface area contributed by atoms with Crippen LogP contribution >= 0.6 is 12.6 Å². The molecule has 2 unspecified atom stereocenters. The van der Waals surface area contributed by atoms with Crippen molar-refractivity contribution in [2.75, 3.05) is 38.5 Å². The van der Waals surface area contributed by atoms with E-state index in [1.807, 2.05) is 0 Å². The third kappa shape index (κ3) is 2.93. The Labute approximate surface area is 106 Å². The summed E-state index contributed by atoms with van der Waals surface area (Å²) in [6, 6.07) is 0.862. The summed E-state index contributed by atoms with van der Waals surface area (Å²) in [6.45, 7) is 11.1. The van der Waals surface area contributed by atoms with Gasteiger partial charge in [-0.15, -0.1) is 0 Å². The van der Waals surface area contributed by atoms with Crippen LogP contribution in [0.4, 0.5) is 0 Å². The average Bonchev–Trinajstić information content (AvgIpc) is 2.72. The summed E-state index contributed by atoms with van der Waals surface area (Å²) in [6.07, 6.45) is 2.84. The molecule has 2 heterocycles. The molecule has 0 spiro atoms. The third-order valence-electron chi connectivity index (χ3n) is 4.34. The van der Waals surface area contributed by atoms with Crippen LogP contribution in [0.25, 0.3) is 0 Å². The van der Waals surface area contributed by atoms with Gasteiger partial charge in [0.15, 0.2) is 0 Å². The van der Waals surface area contributed by atoms with Crippen molar-refractivity contribution in [3.8, 4) is 0 Å². The van der Waals surface area contributed by atoms with E-state index in [2.05, 4.69) is 36.3 Å². The number of thiol groups is 1. The highest BCUT2D eigenvalue weighted by Crippen LogP contribution is 2.23. The fraction of sp³-hybridized carbons (Fsp3) is 1.00. The second-order valence-electron chi connectivity index (χ2n) is 5.78. The van der Waals surface area contributed by atoms with Crippen molar-refractivity contribution in [3.05, 3.63) is 0 Å². The lowest BCUT2D eigenvalue weighted by Gasteiger charge is -2.39. The second kappa shape index (κ2) is 5.74. The highest BCUT2D eigenvalue weighted by Gasteiger charge is 2.31. The van der Waals surface area contributed by atoms with Crippen LogP contribution in [-0.2, 0) is 0 Å². The highest BCUT2D eigenvalue weighted by atomic mass is 32.1. The predicted molar refractivity (Wildman–Crippen MR) is 73.2 cm³/mol. The maximum Gasteiger partial charge on any atom is 0.0224 e. The molecule has 2 fully saturated rings. The zero-order chi connectivity index (χ0) is 11.5. The quantitative estimate of drug-likeness (QED) is 0.753. The Morgan fingerprint density at radius 2 is 2.06 bits per heavy atom. The molecule has 0 radical (unpaired) electrons. The Kier molecular flexibility index (Phi) is 4.57. The lowest BCUT2D eigenvalue weighted by atomic mass is 9.96. The molecule has 2 saturated heterocycles. The van der Waals surface area contributed by atoms with Crippen LogP contribution in [0, 0.1) is 11.8 Å². The van der Waals surface area contributed by atoms with Gasteiger partial charge in [0, 0.05) is 32.2 Å². The summed E-state index contributed by atoms with van der Waals surface area (Å²) in [4.78, 5) is 5.36. The largest absolute Gasteiger partial charge is 0.300 e. The molecule has 2 rings (SSSR count). The molecular weight excluding hydrogens is 216 g/mol. The van der Waals surface area contributed by atoms with Gasteiger partial charge in [-0.25, -0.2) is 0 Å². The van der Waals surface area contributed by atoms with Gasteiger partial charge < -0.3 is 4.90 Å². The van der Waals surface area contributed by atoms with Gasteiger partial charge in [-0.1, -0.05) is 13.8 Å². The maximum atomic E-state index is 4.49. The molecule has 94 valence electrons. The standard InChI is InChI=1S/C13H26N2S/c1-11(2)12(10-16)8-14-6-7-15-5-3-4-13(15)9-14/h11-13,16H,3-10H2,1-2H3. The Balaban J connectivity index is 1.82. The van der Waals surface area contributed by atoms with Crippen molar-refractivity contribution in [2.24, 2.45) is 11.8 Å². The summed E-state index contributed by atoms with van der Waals surface area (Å²) < 4.78 is 0. The topological polar surface area (TPSA) is 6.48 Å². The summed E-state index contributed by atoms with van der Waals surface area (Å²) in [5.41, 5.74) is 0. The fourth-order valence-corrected chi connectivity index (χ4v) is 3.57. The van der Waals surface area contributed by atoms with Crippen LogP contribution in [-0.4, -0.2) is 54.3 Å². The van der Waals surface area contributed by atoms with Crippen LogP contribution in [0.15, 0.2) is 0 Å². The zero-order valence-corrected chi connectivity index (χ0v) is 11.6. The van der Waals surface area contributed by atoms with E-state index in [0.717, 1.165) is 23.6 Å². The number of rotatable bonds is 4. The Morgan fingerprint density at radius 1 is 1.25 bits per heavy atom. The van der Waals surface area contributed by atoms with E-state index >= 15 is 0 Å². The molecule has 0 aromatic rings. The van der Waals surface area contributed by atoms with Crippen molar-refractivity contribution in [2.45, 2.75) is 32.7 Å². The van der Waals surface area contributed by atoms with Crippen LogP contribution < -0.4 is 0 Å². The van der Waals surface area contributed by atoms with Crippen LogP contribution in [0.1, 0.15) is 26.7 Å². The van der Waals surface area contributed by atoms with Gasteiger partial charge in [0.05, 0.1) is 0 Å². The minimum absolute atomic E-state index is 0.760. The summed E-state index contributed by atoms with van der Waals surface area (Å²) in [5.74, 6) is 2.55. The lowest BCUT2D eigenvalue weighted by molar-refractivity contribution is 0.0883. The van der Waals surface area contributed by atoms with Gasteiger partial charge in [0.1, 0.15) is 0 Å². The van der Waals surface area contributed by atoms with Crippen molar-refractivity contribution in [3.63, 3.8) is 0 Å². The Morgan fingerprint density at radius 3 is 2.75 bits per heavy atom. The lowest BCUT2D eigenvalue weighted by Crippen LogP contribution is -2.51. The molecule has 0 aliphatic carbocycles. The van der Waals surface area contributed by atoms with Gasteiger partial charge in [0.2, 0.25) is 0 Å². The predicted octanol–water partition coefficient (Wildman–Crippen LogP) is 1.97. The first-order chi connectivity index (χ1) is 7.70. The Hall–Kier alpha value is 0.270. The first-order valence-electron chi connectivity index (χ1n) is 6.78. The van der Waals surface area contributed by atoms with Gasteiger partial charge in [0.25, 0.3) is 0 Å². The van der Waals surface area contributed by atoms with Crippen molar-refractivity contribution in [1.82, 2.24) is 9.80 Å². The molecule has 0 bridgehead atoms. The molecule has 0 amide bonds. The van der Waals surface area contributed by atoms with E-state index in [1.165, 1.54) is 45.6 Å². The van der Waals surface area contributed by atoms with Gasteiger partial charge >= 0.3 is 0 Å². The SMILES string of the molecule is CC(C)C(CS)CN1CCN2CCCC2C1. The molecule has 0 saturated carbocycles. The molecule has 2 nitrogen and oxygen atoms in total. The molecule has 2 aliphatic heterocycles. The van der Waals surface area contributed by atoms with Crippen LogP contribution in [0.3, 0.4) is 0 Å². The first-order valence-corrected chi connectivity index (χ1v) is 7.41. The number of hydrogen-bond donors (Lipinski definition) is 1. The monoisotopic (exact) mass is 242 g/mol. The van der Waals surface area contributed by atoms with Crippen LogP contribution in [0.5, 0.6) is 0 Å². The number of fused-ring (bicyclic) bond motifs is 1. The zero-order valence-electron chi connectivity index (χ0n) is 10.7. The number of piperazine rings is 1. The third-order valence-corrected chi connectivity index (χ3v) is 4.81. The first kappa shape index (κ1) is 12.7. The maximum absolute atomic E-state index is 4.49. The smallest absolute Gasteiger partial charge is 0.0224 e. The van der Waals surface area contributed by atoms with E-state index in [4.69, 9.17) is 0 Å². The van der Waals surface area contributed by atoms with Gasteiger partial charge in [-0.2, -0.15) is 12.6 Å². The molecule has 0 aromatic heterocycles.